The molecule has 0 radical (unpaired) electrons. The van der Waals surface area contributed by atoms with Crippen LogP contribution in [-0.4, -0.2) is 30.2 Å². The Morgan fingerprint density at radius 3 is 2.08 bits per heavy atom. The van der Waals surface area contributed by atoms with E-state index >= 15 is 0 Å². The van der Waals surface area contributed by atoms with E-state index in [1.807, 2.05) is 0 Å². The van der Waals surface area contributed by atoms with E-state index in [-0.39, 0.29) is 0 Å². The molecule has 0 spiro atoms. The maximum absolute atomic E-state index is 2.40. The van der Waals surface area contributed by atoms with Crippen molar-refractivity contribution in [3.8, 4) is 0 Å². The van der Waals surface area contributed by atoms with Gasteiger partial charge in [0.1, 0.15) is 0 Å². The molecule has 1 nitrogen and oxygen atoms in total. The highest BCUT2D eigenvalue weighted by Crippen LogP contribution is 2.32. The second-order valence-corrected chi connectivity index (χ2v) is 4.98. The Balaban J connectivity index is 2.01. The number of hydrogen-bond donors (Lipinski definition) is 0. The summed E-state index contributed by atoms with van der Waals surface area (Å²) in [6, 6.07) is 1.04. The van der Waals surface area contributed by atoms with E-state index in [4.69, 9.17) is 0 Å². The molecule has 1 saturated heterocycles. The highest BCUT2D eigenvalue weighted by atomic mass is 15.4. The lowest BCUT2D eigenvalue weighted by molar-refractivity contribution is -0.940. The van der Waals surface area contributed by atoms with Crippen LogP contribution in [0.1, 0.15) is 51.9 Å². The Kier molecular flexibility index (Phi) is 2.92. The van der Waals surface area contributed by atoms with Gasteiger partial charge in [0.05, 0.1) is 25.7 Å². The first-order valence-corrected chi connectivity index (χ1v) is 6.23. The summed E-state index contributed by atoms with van der Waals surface area (Å²) in [6.45, 7) is 6.77. The van der Waals surface area contributed by atoms with Crippen LogP contribution in [0.5, 0.6) is 0 Å². The van der Waals surface area contributed by atoms with Gasteiger partial charge in [0, 0.05) is 12.8 Å². The Labute approximate surface area is 82.7 Å². The molecule has 0 aromatic heterocycles. The molecule has 0 unspecified atom stereocenters. The fourth-order valence-electron chi connectivity index (χ4n) is 3.53. The molecule has 1 heteroatoms. The highest BCUT2D eigenvalue weighted by molar-refractivity contribution is 4.70. The smallest absolute Gasteiger partial charge is 0.0890 e. The predicted octanol–water partition coefficient (Wildman–Crippen LogP) is 2.95. The predicted molar refractivity (Wildman–Crippen MR) is 56.6 cm³/mol. The van der Waals surface area contributed by atoms with Crippen LogP contribution in [0.3, 0.4) is 0 Å². The van der Waals surface area contributed by atoms with Crippen molar-refractivity contribution in [1.29, 1.82) is 0 Å². The number of hydrogen-bond acceptors (Lipinski definition) is 0. The first kappa shape index (κ1) is 9.51. The quantitative estimate of drug-likeness (QED) is 0.576. The van der Waals surface area contributed by atoms with Gasteiger partial charge >= 0.3 is 0 Å². The molecule has 0 amide bonds. The molecule has 1 aliphatic carbocycles. The summed E-state index contributed by atoms with van der Waals surface area (Å²) in [5.41, 5.74) is 0. The molecule has 0 bridgehead atoms. The lowest BCUT2D eigenvalue weighted by Gasteiger charge is -2.42. The minimum absolute atomic E-state index is 1.04. The summed E-state index contributed by atoms with van der Waals surface area (Å²) in [5, 5.41) is 0. The fourth-order valence-corrected chi connectivity index (χ4v) is 3.53. The minimum atomic E-state index is 1.04. The molecule has 13 heavy (non-hydrogen) atoms. The van der Waals surface area contributed by atoms with Crippen molar-refractivity contribution in [3.63, 3.8) is 0 Å². The van der Waals surface area contributed by atoms with Gasteiger partial charge in [-0.2, -0.15) is 0 Å². The molecule has 2 rings (SSSR count). The van der Waals surface area contributed by atoms with Crippen molar-refractivity contribution < 1.29 is 4.48 Å². The van der Waals surface area contributed by atoms with Gasteiger partial charge < -0.3 is 4.48 Å². The summed E-state index contributed by atoms with van der Waals surface area (Å²) < 4.78 is 1.49. The highest BCUT2D eigenvalue weighted by Gasteiger charge is 2.38. The minimum Gasteiger partial charge on any atom is -0.321 e. The zero-order valence-corrected chi connectivity index (χ0v) is 9.10. The Bertz CT molecular complexity index is 153. The van der Waals surface area contributed by atoms with Gasteiger partial charge in [0.25, 0.3) is 0 Å². The lowest BCUT2D eigenvalue weighted by atomic mass is 9.92. The number of likely N-dealkylation sites (tertiary alicyclic amines) is 1. The van der Waals surface area contributed by atoms with Crippen LogP contribution < -0.4 is 0 Å². The van der Waals surface area contributed by atoms with Gasteiger partial charge in [-0.15, -0.1) is 0 Å². The van der Waals surface area contributed by atoms with E-state index in [0.29, 0.717) is 0 Å². The van der Waals surface area contributed by atoms with Gasteiger partial charge in [-0.25, -0.2) is 0 Å². The number of quaternary nitrogens is 1. The standard InChI is InChI=1S/C12H24N/c1-2-13(10-6-7-11-13)12-8-4-3-5-9-12/h12H,2-11H2,1H3/q+1. The van der Waals surface area contributed by atoms with E-state index < -0.39 is 0 Å². The number of nitrogens with zero attached hydrogens (tertiary/aromatic N) is 1. The maximum Gasteiger partial charge on any atom is 0.0890 e. The fraction of sp³-hybridized carbons (Fsp3) is 1.00. The van der Waals surface area contributed by atoms with Crippen molar-refractivity contribution in [1.82, 2.24) is 0 Å². The van der Waals surface area contributed by atoms with Crippen LogP contribution in [0.4, 0.5) is 0 Å². The molecular weight excluding hydrogens is 158 g/mol. The molecule has 0 N–H and O–H groups in total. The zero-order chi connectivity index (χ0) is 9.15. The molecule has 0 atom stereocenters. The second kappa shape index (κ2) is 4.00. The Hall–Kier alpha value is -0.0400. The van der Waals surface area contributed by atoms with E-state index in [1.165, 1.54) is 69.1 Å². The van der Waals surface area contributed by atoms with Crippen LogP contribution in [0.25, 0.3) is 0 Å². The largest absolute Gasteiger partial charge is 0.321 e. The van der Waals surface area contributed by atoms with Crippen LogP contribution in [0.15, 0.2) is 0 Å². The van der Waals surface area contributed by atoms with Crippen molar-refractivity contribution in [2.75, 3.05) is 19.6 Å². The van der Waals surface area contributed by atoms with E-state index in [2.05, 4.69) is 6.92 Å². The molecule has 0 aromatic rings. The van der Waals surface area contributed by atoms with Crippen molar-refractivity contribution in [2.45, 2.75) is 57.9 Å². The summed E-state index contributed by atoms with van der Waals surface area (Å²) in [7, 11) is 0. The van der Waals surface area contributed by atoms with Gasteiger partial charge in [-0.1, -0.05) is 6.42 Å². The topological polar surface area (TPSA) is 0 Å². The Morgan fingerprint density at radius 1 is 0.923 bits per heavy atom. The van der Waals surface area contributed by atoms with E-state index in [1.54, 1.807) is 0 Å². The molecule has 2 aliphatic rings. The molecule has 2 fully saturated rings. The van der Waals surface area contributed by atoms with Crippen molar-refractivity contribution >= 4 is 0 Å². The summed E-state index contributed by atoms with van der Waals surface area (Å²) in [4.78, 5) is 0. The third kappa shape index (κ3) is 1.76. The van der Waals surface area contributed by atoms with Crippen LogP contribution >= 0.6 is 0 Å². The van der Waals surface area contributed by atoms with Gasteiger partial charge in [0.2, 0.25) is 0 Å². The van der Waals surface area contributed by atoms with Crippen LogP contribution in [0, 0.1) is 0 Å². The molecule has 1 saturated carbocycles. The third-order valence-electron chi connectivity index (χ3n) is 4.44. The van der Waals surface area contributed by atoms with Gasteiger partial charge in [-0.3, -0.25) is 0 Å². The Morgan fingerprint density at radius 2 is 1.54 bits per heavy atom. The SMILES string of the molecule is CC[N+]1(C2CCCCC2)CCCC1. The van der Waals surface area contributed by atoms with Crippen molar-refractivity contribution in [3.05, 3.63) is 0 Å². The summed E-state index contributed by atoms with van der Waals surface area (Å²) >= 11 is 0. The molecule has 1 aliphatic heterocycles. The van der Waals surface area contributed by atoms with Gasteiger partial charge in [-0.05, 0) is 32.6 Å². The molecule has 0 aromatic carbocycles. The lowest BCUT2D eigenvalue weighted by Crippen LogP contribution is -2.53. The molecular formula is C12H24N+. The monoisotopic (exact) mass is 182 g/mol. The summed E-state index contributed by atoms with van der Waals surface area (Å²) in [6.07, 6.45) is 10.5. The first-order chi connectivity index (χ1) is 6.37. The van der Waals surface area contributed by atoms with Gasteiger partial charge in [0.15, 0.2) is 0 Å². The molecule has 1 heterocycles. The maximum atomic E-state index is 2.40. The van der Waals surface area contributed by atoms with Crippen molar-refractivity contribution in [2.24, 2.45) is 0 Å². The third-order valence-corrected chi connectivity index (χ3v) is 4.44. The number of rotatable bonds is 2. The zero-order valence-electron chi connectivity index (χ0n) is 9.10. The molecule has 76 valence electrons. The van der Waals surface area contributed by atoms with E-state index in [9.17, 15) is 0 Å². The second-order valence-electron chi connectivity index (χ2n) is 4.98. The summed E-state index contributed by atoms with van der Waals surface area (Å²) in [5.74, 6) is 0. The average molecular weight is 182 g/mol. The first-order valence-electron chi connectivity index (χ1n) is 6.23. The normalized spacial score (nSPS) is 29.3. The van der Waals surface area contributed by atoms with E-state index in [0.717, 1.165) is 6.04 Å². The van der Waals surface area contributed by atoms with Crippen LogP contribution in [0.2, 0.25) is 0 Å². The average Bonchev–Trinajstić information content (AvgIpc) is 2.69. The van der Waals surface area contributed by atoms with Crippen LogP contribution in [-0.2, 0) is 0 Å².